The first kappa shape index (κ1) is 21.6. The van der Waals surface area contributed by atoms with Crippen LogP contribution in [-0.2, 0) is 11.3 Å². The Hall–Kier alpha value is -3.09. The van der Waals surface area contributed by atoms with Crippen LogP contribution in [0.25, 0.3) is 0 Å². The number of rotatable bonds is 7. The second-order valence-corrected chi connectivity index (χ2v) is 7.42. The second-order valence-electron chi connectivity index (χ2n) is 7.42. The van der Waals surface area contributed by atoms with E-state index in [0.717, 1.165) is 44.5 Å². The number of carbonyl (C=O) groups is 1. The van der Waals surface area contributed by atoms with Crippen molar-refractivity contribution in [3.63, 3.8) is 0 Å². The maximum absolute atomic E-state index is 12.6. The molecule has 2 heterocycles. The first-order chi connectivity index (χ1) is 14.7. The largest absolute Gasteiger partial charge is 0.357 e. The van der Waals surface area contributed by atoms with E-state index in [1.807, 2.05) is 36.1 Å². The molecule has 3 rings (SSSR count). The van der Waals surface area contributed by atoms with Crippen LogP contribution in [0.1, 0.15) is 24.5 Å². The normalized spacial score (nSPS) is 14.5. The van der Waals surface area contributed by atoms with Gasteiger partial charge in [0.25, 0.3) is 0 Å². The highest BCUT2D eigenvalue weighted by atomic mass is 16.2. The summed E-state index contributed by atoms with van der Waals surface area (Å²) in [7, 11) is 0. The zero-order valence-electron chi connectivity index (χ0n) is 18.0. The van der Waals surface area contributed by atoms with Gasteiger partial charge in [-0.05, 0) is 31.5 Å². The van der Waals surface area contributed by atoms with Crippen molar-refractivity contribution < 1.29 is 4.79 Å². The number of aryl methyl sites for hydroxylation is 1. The Morgan fingerprint density at radius 1 is 1.10 bits per heavy atom. The summed E-state index contributed by atoms with van der Waals surface area (Å²) in [6.45, 7) is 9.18. The maximum atomic E-state index is 12.6. The quantitative estimate of drug-likeness (QED) is 0.543. The molecule has 1 saturated heterocycles. The van der Waals surface area contributed by atoms with E-state index in [1.165, 1.54) is 11.1 Å². The van der Waals surface area contributed by atoms with E-state index in [-0.39, 0.29) is 5.91 Å². The third-order valence-corrected chi connectivity index (χ3v) is 5.08. The summed E-state index contributed by atoms with van der Waals surface area (Å²) >= 11 is 0. The third kappa shape index (κ3) is 6.47. The molecule has 0 atom stereocenters. The monoisotopic (exact) mass is 408 g/mol. The van der Waals surface area contributed by atoms with E-state index in [0.29, 0.717) is 19.5 Å². The molecule has 0 saturated carbocycles. The fourth-order valence-electron chi connectivity index (χ4n) is 3.49. The number of nitrogens with one attached hydrogen (secondary N) is 2. The highest BCUT2D eigenvalue weighted by Gasteiger charge is 2.21. The number of aliphatic imine (C=N–C) groups is 1. The van der Waals surface area contributed by atoms with E-state index >= 15 is 0 Å². The summed E-state index contributed by atoms with van der Waals surface area (Å²) in [5.74, 6) is 1.90. The van der Waals surface area contributed by atoms with Gasteiger partial charge in [0.1, 0.15) is 5.82 Å². The Bertz CT molecular complexity index is 831. The highest BCUT2D eigenvalue weighted by Crippen LogP contribution is 2.13. The van der Waals surface area contributed by atoms with Crippen LogP contribution in [0.4, 0.5) is 5.82 Å². The second kappa shape index (κ2) is 11.2. The molecule has 1 fully saturated rings. The van der Waals surface area contributed by atoms with Gasteiger partial charge in [0, 0.05) is 51.9 Å². The molecular formula is C23H32N6O. The number of hydrogen-bond acceptors (Lipinski definition) is 4. The molecular weight excluding hydrogens is 376 g/mol. The molecule has 1 aromatic heterocycles. The lowest BCUT2D eigenvalue weighted by atomic mass is 10.1. The summed E-state index contributed by atoms with van der Waals surface area (Å²) in [5, 5.41) is 6.53. The van der Waals surface area contributed by atoms with Gasteiger partial charge in [-0.1, -0.05) is 35.9 Å². The SMILES string of the molecule is CCNC(=NCc1cccc(C)c1)NCCC(=O)N1CCN(c2ccccn2)CC1. The van der Waals surface area contributed by atoms with Gasteiger partial charge in [0.15, 0.2) is 5.96 Å². The molecule has 1 amide bonds. The molecule has 1 aliphatic heterocycles. The van der Waals surface area contributed by atoms with Gasteiger partial charge in [0.05, 0.1) is 6.54 Å². The summed E-state index contributed by atoms with van der Waals surface area (Å²) in [6.07, 6.45) is 2.26. The Balaban J connectivity index is 1.42. The van der Waals surface area contributed by atoms with E-state index in [4.69, 9.17) is 0 Å². The zero-order chi connectivity index (χ0) is 21.2. The number of piperazine rings is 1. The van der Waals surface area contributed by atoms with Crippen LogP contribution < -0.4 is 15.5 Å². The molecule has 1 aliphatic rings. The Morgan fingerprint density at radius 2 is 1.93 bits per heavy atom. The molecule has 0 aliphatic carbocycles. The van der Waals surface area contributed by atoms with Crippen molar-refractivity contribution in [3.8, 4) is 0 Å². The number of carbonyl (C=O) groups excluding carboxylic acids is 1. The molecule has 1 aromatic carbocycles. The zero-order valence-corrected chi connectivity index (χ0v) is 18.0. The lowest BCUT2D eigenvalue weighted by Gasteiger charge is -2.35. The maximum Gasteiger partial charge on any atom is 0.224 e. The Morgan fingerprint density at radius 3 is 2.63 bits per heavy atom. The van der Waals surface area contributed by atoms with Crippen LogP contribution in [0.5, 0.6) is 0 Å². The van der Waals surface area contributed by atoms with E-state index in [1.54, 1.807) is 6.20 Å². The van der Waals surface area contributed by atoms with Crippen LogP contribution >= 0.6 is 0 Å². The van der Waals surface area contributed by atoms with Gasteiger partial charge in [-0.3, -0.25) is 4.79 Å². The number of amides is 1. The average molecular weight is 409 g/mol. The van der Waals surface area contributed by atoms with Gasteiger partial charge in [-0.25, -0.2) is 9.98 Å². The molecule has 2 N–H and O–H groups in total. The van der Waals surface area contributed by atoms with Crippen LogP contribution in [0.3, 0.4) is 0 Å². The molecule has 0 unspecified atom stereocenters. The fraction of sp³-hybridized carbons (Fsp3) is 0.435. The van der Waals surface area contributed by atoms with Crippen molar-refractivity contribution in [3.05, 3.63) is 59.8 Å². The third-order valence-electron chi connectivity index (χ3n) is 5.08. The number of pyridine rings is 1. The van der Waals surface area contributed by atoms with Crippen LogP contribution in [0.15, 0.2) is 53.7 Å². The topological polar surface area (TPSA) is 72.9 Å². The van der Waals surface area contributed by atoms with Crippen molar-refractivity contribution >= 4 is 17.7 Å². The number of nitrogens with zero attached hydrogens (tertiary/aromatic N) is 4. The smallest absolute Gasteiger partial charge is 0.224 e. The summed E-state index contributed by atoms with van der Waals surface area (Å²) < 4.78 is 0. The van der Waals surface area contributed by atoms with Crippen LogP contribution in [-0.4, -0.2) is 61.0 Å². The van der Waals surface area contributed by atoms with Crippen LogP contribution in [0.2, 0.25) is 0 Å². The fourth-order valence-corrected chi connectivity index (χ4v) is 3.49. The molecule has 30 heavy (non-hydrogen) atoms. The Labute approximate surface area is 179 Å². The molecule has 7 nitrogen and oxygen atoms in total. The van der Waals surface area contributed by atoms with Gasteiger partial charge in [-0.2, -0.15) is 0 Å². The molecule has 0 radical (unpaired) electrons. The molecule has 0 spiro atoms. The van der Waals surface area contributed by atoms with E-state index in [9.17, 15) is 4.79 Å². The molecule has 0 bridgehead atoms. The predicted octanol–water partition coefficient (Wildman–Crippen LogP) is 2.18. The lowest BCUT2D eigenvalue weighted by molar-refractivity contribution is -0.131. The van der Waals surface area contributed by atoms with E-state index < -0.39 is 0 Å². The minimum Gasteiger partial charge on any atom is -0.357 e. The standard InChI is InChI=1S/C23H32N6O/c1-3-24-23(27-18-20-8-6-7-19(2)17-20)26-12-10-22(30)29-15-13-28(14-16-29)21-9-4-5-11-25-21/h4-9,11,17H,3,10,12-16,18H2,1-2H3,(H2,24,26,27). The minimum absolute atomic E-state index is 0.178. The van der Waals surface area contributed by atoms with Crippen molar-refractivity contribution in [2.45, 2.75) is 26.8 Å². The average Bonchev–Trinajstić information content (AvgIpc) is 2.78. The van der Waals surface area contributed by atoms with Gasteiger partial charge in [0.2, 0.25) is 5.91 Å². The molecule has 160 valence electrons. The van der Waals surface area contributed by atoms with Crippen LogP contribution in [0, 0.1) is 6.92 Å². The van der Waals surface area contributed by atoms with Crippen molar-refractivity contribution in [2.75, 3.05) is 44.2 Å². The highest BCUT2D eigenvalue weighted by molar-refractivity contribution is 5.81. The summed E-state index contributed by atoms with van der Waals surface area (Å²) in [4.78, 5) is 25.8. The van der Waals surface area contributed by atoms with E-state index in [2.05, 4.69) is 50.6 Å². The van der Waals surface area contributed by atoms with Gasteiger partial charge in [-0.15, -0.1) is 0 Å². The number of benzene rings is 1. The number of aromatic nitrogens is 1. The van der Waals surface area contributed by atoms with Crippen molar-refractivity contribution in [1.82, 2.24) is 20.5 Å². The summed E-state index contributed by atoms with van der Waals surface area (Å²) in [5.41, 5.74) is 2.41. The number of guanidine groups is 1. The number of anilines is 1. The number of hydrogen-bond donors (Lipinski definition) is 2. The molecule has 2 aromatic rings. The Kier molecular flexibility index (Phi) is 8.06. The summed E-state index contributed by atoms with van der Waals surface area (Å²) in [6, 6.07) is 14.3. The minimum atomic E-state index is 0.178. The first-order valence-electron chi connectivity index (χ1n) is 10.7. The molecule has 7 heteroatoms. The van der Waals surface area contributed by atoms with Crippen molar-refractivity contribution in [1.29, 1.82) is 0 Å². The lowest BCUT2D eigenvalue weighted by Crippen LogP contribution is -2.49. The first-order valence-corrected chi connectivity index (χ1v) is 10.7. The van der Waals surface area contributed by atoms with Gasteiger partial charge < -0.3 is 20.4 Å². The predicted molar refractivity (Wildman–Crippen MR) is 122 cm³/mol. The van der Waals surface area contributed by atoms with Crippen molar-refractivity contribution in [2.24, 2.45) is 4.99 Å². The van der Waals surface area contributed by atoms with Gasteiger partial charge >= 0.3 is 0 Å².